The number of Topliss-reactive ketones (excluding diaryl/α,β-unsaturated/α-hetero) is 1. The Bertz CT molecular complexity index is 336. The van der Waals surface area contributed by atoms with Crippen molar-refractivity contribution < 1.29 is 14.3 Å². The van der Waals surface area contributed by atoms with Crippen LogP contribution in [0.5, 0.6) is 5.88 Å². The van der Waals surface area contributed by atoms with Gasteiger partial charge in [-0.2, -0.15) is 0 Å². The maximum absolute atomic E-state index is 11.7. The zero-order chi connectivity index (χ0) is 11.3. The highest BCUT2D eigenvalue weighted by atomic mass is 16.5. The molecule has 0 N–H and O–H groups in total. The maximum atomic E-state index is 11.7. The van der Waals surface area contributed by atoms with Gasteiger partial charge in [0.2, 0.25) is 5.88 Å². The van der Waals surface area contributed by atoms with E-state index in [0.717, 1.165) is 0 Å². The van der Waals surface area contributed by atoms with Crippen molar-refractivity contribution in [1.29, 1.82) is 0 Å². The quantitative estimate of drug-likeness (QED) is 0.692. The van der Waals surface area contributed by atoms with Gasteiger partial charge in [-0.05, 0) is 26.0 Å². The van der Waals surface area contributed by atoms with Crippen molar-refractivity contribution >= 4 is 5.78 Å². The molecule has 0 unspecified atom stereocenters. The number of carbonyl (C=O) groups is 1. The molecule has 82 valence electrons. The minimum Gasteiger partial charge on any atom is -0.480 e. The van der Waals surface area contributed by atoms with E-state index in [1.165, 1.54) is 7.11 Å². The first-order chi connectivity index (χ1) is 7.15. The Morgan fingerprint density at radius 3 is 2.87 bits per heavy atom. The number of rotatable bonds is 5. The molecule has 15 heavy (non-hydrogen) atoms. The fourth-order valence-corrected chi connectivity index (χ4v) is 1.09. The fourth-order valence-electron chi connectivity index (χ4n) is 1.09. The normalized spacial score (nSPS) is 10.4. The third-order valence-corrected chi connectivity index (χ3v) is 1.81. The summed E-state index contributed by atoms with van der Waals surface area (Å²) in [7, 11) is 1.49. The number of nitrogens with zero attached hydrogens (tertiary/aromatic N) is 1. The van der Waals surface area contributed by atoms with Gasteiger partial charge in [-0.3, -0.25) is 4.79 Å². The molecule has 0 saturated heterocycles. The van der Waals surface area contributed by atoms with Crippen molar-refractivity contribution in [2.75, 3.05) is 13.7 Å². The molecule has 0 aliphatic rings. The Morgan fingerprint density at radius 2 is 2.27 bits per heavy atom. The van der Waals surface area contributed by atoms with E-state index in [9.17, 15) is 4.79 Å². The summed E-state index contributed by atoms with van der Waals surface area (Å²) in [4.78, 5) is 15.6. The van der Waals surface area contributed by atoms with Crippen LogP contribution >= 0.6 is 0 Å². The molecule has 1 rings (SSSR count). The summed E-state index contributed by atoms with van der Waals surface area (Å²) >= 11 is 0. The highest BCUT2D eigenvalue weighted by Crippen LogP contribution is 2.14. The van der Waals surface area contributed by atoms with Crippen LogP contribution in [0.25, 0.3) is 0 Å². The molecule has 0 aromatic carbocycles. The van der Waals surface area contributed by atoms with Gasteiger partial charge >= 0.3 is 0 Å². The van der Waals surface area contributed by atoms with Gasteiger partial charge in [0.05, 0.1) is 18.8 Å². The van der Waals surface area contributed by atoms with Gasteiger partial charge in [0, 0.05) is 6.20 Å². The Labute approximate surface area is 89.2 Å². The lowest BCUT2D eigenvalue weighted by Gasteiger charge is -2.08. The first-order valence-corrected chi connectivity index (χ1v) is 4.79. The molecule has 0 atom stereocenters. The van der Waals surface area contributed by atoms with Crippen molar-refractivity contribution in [1.82, 2.24) is 4.98 Å². The van der Waals surface area contributed by atoms with E-state index in [0.29, 0.717) is 11.4 Å². The zero-order valence-electron chi connectivity index (χ0n) is 9.19. The van der Waals surface area contributed by atoms with Crippen molar-refractivity contribution in [3.63, 3.8) is 0 Å². The van der Waals surface area contributed by atoms with E-state index in [1.54, 1.807) is 18.3 Å². The first-order valence-electron chi connectivity index (χ1n) is 4.79. The van der Waals surface area contributed by atoms with Crippen LogP contribution in [-0.4, -0.2) is 30.6 Å². The second-order valence-corrected chi connectivity index (χ2v) is 3.34. The van der Waals surface area contributed by atoms with E-state index in [4.69, 9.17) is 9.47 Å². The summed E-state index contributed by atoms with van der Waals surface area (Å²) in [6, 6.07) is 3.38. The largest absolute Gasteiger partial charge is 0.480 e. The van der Waals surface area contributed by atoms with Crippen LogP contribution in [-0.2, 0) is 4.74 Å². The molecule has 4 nitrogen and oxygen atoms in total. The molecule has 0 aliphatic carbocycles. The molecule has 0 aliphatic heterocycles. The monoisotopic (exact) mass is 209 g/mol. The fraction of sp³-hybridized carbons (Fsp3) is 0.455. The second-order valence-electron chi connectivity index (χ2n) is 3.34. The van der Waals surface area contributed by atoms with E-state index in [-0.39, 0.29) is 18.5 Å². The first kappa shape index (κ1) is 11.7. The standard InChI is InChI=1S/C11H15NO3/c1-8(2)15-7-10(13)9-5-4-6-12-11(9)14-3/h4-6,8H,7H2,1-3H3. The summed E-state index contributed by atoms with van der Waals surface area (Å²) in [6.45, 7) is 3.82. The molecule has 1 heterocycles. The van der Waals surface area contributed by atoms with Gasteiger partial charge in [-0.25, -0.2) is 4.98 Å². The van der Waals surface area contributed by atoms with E-state index in [1.807, 2.05) is 13.8 Å². The van der Waals surface area contributed by atoms with Gasteiger partial charge in [-0.15, -0.1) is 0 Å². The molecule has 0 saturated carbocycles. The third-order valence-electron chi connectivity index (χ3n) is 1.81. The molecule has 4 heteroatoms. The maximum Gasteiger partial charge on any atom is 0.224 e. The highest BCUT2D eigenvalue weighted by molar-refractivity contribution is 5.99. The number of ketones is 1. The second kappa shape index (κ2) is 5.46. The van der Waals surface area contributed by atoms with E-state index < -0.39 is 0 Å². The van der Waals surface area contributed by atoms with Crippen LogP contribution in [0.2, 0.25) is 0 Å². The van der Waals surface area contributed by atoms with Crippen molar-refractivity contribution in [3.05, 3.63) is 23.9 Å². The number of methoxy groups -OCH3 is 1. The van der Waals surface area contributed by atoms with Gasteiger partial charge in [0.15, 0.2) is 5.78 Å². The van der Waals surface area contributed by atoms with Crippen LogP contribution in [0.15, 0.2) is 18.3 Å². The van der Waals surface area contributed by atoms with Crippen LogP contribution in [0, 0.1) is 0 Å². The molecule has 0 spiro atoms. The lowest BCUT2D eigenvalue weighted by atomic mass is 10.2. The molecule has 0 amide bonds. The average molecular weight is 209 g/mol. The van der Waals surface area contributed by atoms with Crippen LogP contribution < -0.4 is 4.74 Å². The number of pyridine rings is 1. The Hall–Kier alpha value is -1.42. The summed E-state index contributed by atoms with van der Waals surface area (Å²) in [6.07, 6.45) is 1.62. The molecule has 1 aromatic rings. The van der Waals surface area contributed by atoms with Gasteiger partial charge in [0.1, 0.15) is 6.61 Å². The van der Waals surface area contributed by atoms with E-state index in [2.05, 4.69) is 4.98 Å². The van der Waals surface area contributed by atoms with Gasteiger partial charge < -0.3 is 9.47 Å². The Kier molecular flexibility index (Phi) is 4.24. The molecule has 0 radical (unpaired) electrons. The minimum atomic E-state index is -0.117. The predicted molar refractivity (Wildman–Crippen MR) is 56.2 cm³/mol. The third kappa shape index (κ3) is 3.32. The average Bonchev–Trinajstić information content (AvgIpc) is 2.25. The van der Waals surface area contributed by atoms with Crippen molar-refractivity contribution in [3.8, 4) is 5.88 Å². The minimum absolute atomic E-state index is 0.0385. The van der Waals surface area contributed by atoms with Crippen molar-refractivity contribution in [2.45, 2.75) is 20.0 Å². The Balaban J connectivity index is 2.72. The summed E-state index contributed by atoms with van der Waals surface area (Å²) < 4.78 is 10.2. The van der Waals surface area contributed by atoms with Crippen molar-refractivity contribution in [2.24, 2.45) is 0 Å². The number of carbonyl (C=O) groups excluding carboxylic acids is 1. The van der Waals surface area contributed by atoms with Gasteiger partial charge in [-0.1, -0.05) is 0 Å². The lowest BCUT2D eigenvalue weighted by molar-refractivity contribution is 0.0582. The highest BCUT2D eigenvalue weighted by Gasteiger charge is 2.13. The predicted octanol–water partition coefficient (Wildman–Crippen LogP) is 1.70. The van der Waals surface area contributed by atoms with Gasteiger partial charge in [0.25, 0.3) is 0 Å². The SMILES string of the molecule is COc1ncccc1C(=O)COC(C)C. The number of hydrogen-bond acceptors (Lipinski definition) is 4. The summed E-state index contributed by atoms with van der Waals surface area (Å²) in [5, 5.41) is 0. The lowest BCUT2D eigenvalue weighted by Crippen LogP contribution is -2.14. The zero-order valence-corrected chi connectivity index (χ0v) is 9.19. The summed E-state index contributed by atoms with van der Waals surface area (Å²) in [5.41, 5.74) is 0.459. The van der Waals surface area contributed by atoms with Crippen LogP contribution in [0.4, 0.5) is 0 Å². The molecule has 0 fully saturated rings. The van der Waals surface area contributed by atoms with Crippen LogP contribution in [0.3, 0.4) is 0 Å². The number of ether oxygens (including phenoxy) is 2. The van der Waals surface area contributed by atoms with Crippen LogP contribution in [0.1, 0.15) is 24.2 Å². The molecule has 0 bridgehead atoms. The molecular formula is C11H15NO3. The topological polar surface area (TPSA) is 48.4 Å². The van der Waals surface area contributed by atoms with E-state index >= 15 is 0 Å². The molecular weight excluding hydrogens is 194 g/mol. The Morgan fingerprint density at radius 1 is 1.53 bits per heavy atom. The smallest absolute Gasteiger partial charge is 0.224 e. The summed E-state index contributed by atoms with van der Waals surface area (Å²) in [5.74, 6) is 0.225. The number of aromatic nitrogens is 1. The molecule has 1 aromatic heterocycles. The number of hydrogen-bond donors (Lipinski definition) is 0.